The fraction of sp³-hybridized carbons (Fsp3) is 0.179. The molecule has 4 aromatic rings. The van der Waals surface area contributed by atoms with Crippen molar-refractivity contribution >= 4 is 11.9 Å². The molecule has 3 aromatic carbocycles. The molecule has 0 aliphatic heterocycles. The van der Waals surface area contributed by atoms with Gasteiger partial charge in [-0.05, 0) is 29.7 Å². The number of anilines is 1. The van der Waals surface area contributed by atoms with E-state index in [2.05, 4.69) is 27.4 Å². The smallest absolute Gasteiger partial charge is 0.257 e. The Morgan fingerprint density at radius 3 is 2.46 bits per heavy atom. The van der Waals surface area contributed by atoms with Crippen molar-refractivity contribution in [1.82, 2.24) is 14.9 Å². The van der Waals surface area contributed by atoms with E-state index in [4.69, 9.17) is 0 Å². The van der Waals surface area contributed by atoms with Gasteiger partial charge in [0.15, 0.2) is 0 Å². The Bertz CT molecular complexity index is 1270. The number of hydrogen-bond donors (Lipinski definition) is 2. The highest BCUT2D eigenvalue weighted by molar-refractivity contribution is 5.99. The van der Waals surface area contributed by atoms with Crippen molar-refractivity contribution in [2.75, 3.05) is 25.5 Å². The van der Waals surface area contributed by atoms with Crippen molar-refractivity contribution in [3.63, 3.8) is 0 Å². The molecule has 1 aromatic heterocycles. The summed E-state index contributed by atoms with van der Waals surface area (Å²) in [5, 5.41) is 13.8. The Morgan fingerprint density at radius 1 is 1.03 bits per heavy atom. The van der Waals surface area contributed by atoms with E-state index in [0.29, 0.717) is 29.3 Å². The second kappa shape index (κ2) is 11.4. The lowest BCUT2D eigenvalue weighted by Crippen LogP contribution is -2.32. The van der Waals surface area contributed by atoms with Crippen LogP contribution < -0.4 is 5.32 Å². The van der Waals surface area contributed by atoms with Crippen molar-refractivity contribution < 1.29 is 14.3 Å². The van der Waals surface area contributed by atoms with Crippen LogP contribution in [0.5, 0.6) is 0 Å². The second-order valence-electron chi connectivity index (χ2n) is 8.24. The van der Waals surface area contributed by atoms with Gasteiger partial charge in [-0.1, -0.05) is 72.8 Å². The molecule has 1 unspecified atom stereocenters. The van der Waals surface area contributed by atoms with Crippen LogP contribution >= 0.6 is 0 Å². The largest absolute Gasteiger partial charge is 0.387 e. The molecule has 0 radical (unpaired) electrons. The van der Waals surface area contributed by atoms with Crippen LogP contribution in [0, 0.1) is 5.82 Å². The van der Waals surface area contributed by atoms with Crippen LogP contribution in [0.2, 0.25) is 0 Å². The van der Waals surface area contributed by atoms with Gasteiger partial charge < -0.3 is 15.3 Å². The number of hydrogen-bond acceptors (Lipinski definition) is 5. The first-order valence-electron chi connectivity index (χ1n) is 11.4. The predicted octanol–water partition coefficient (Wildman–Crippen LogP) is 4.74. The number of carbonyl (C=O) groups excluding carboxylic acids is 1. The molecule has 0 aliphatic carbocycles. The minimum Gasteiger partial charge on any atom is -0.387 e. The summed E-state index contributed by atoms with van der Waals surface area (Å²) in [6.07, 6.45) is 1.29. The number of carbonyl (C=O) groups is 1. The van der Waals surface area contributed by atoms with E-state index in [1.54, 1.807) is 13.1 Å². The maximum atomic E-state index is 13.5. The van der Waals surface area contributed by atoms with Gasteiger partial charge in [0.25, 0.3) is 5.91 Å². The van der Waals surface area contributed by atoms with Crippen molar-refractivity contribution in [2.45, 2.75) is 12.5 Å². The fourth-order valence-corrected chi connectivity index (χ4v) is 3.77. The maximum Gasteiger partial charge on any atom is 0.257 e. The standard InChI is InChI=1S/C28H27FN4O2/c1-33(19-25(34)22-13-8-14-23(29)17-22)27(35)24-18-31-28(30-16-15-20-9-4-2-5-10-20)32-26(24)21-11-6-3-7-12-21/h2-14,17-18,25,34H,15-16,19H2,1H3,(H,30,31,32). The molecule has 0 aliphatic rings. The topological polar surface area (TPSA) is 78.3 Å². The Labute approximate surface area is 204 Å². The molecule has 0 spiro atoms. The summed E-state index contributed by atoms with van der Waals surface area (Å²) < 4.78 is 13.5. The average molecular weight is 471 g/mol. The first kappa shape index (κ1) is 24.0. The van der Waals surface area contributed by atoms with Gasteiger partial charge in [-0.15, -0.1) is 0 Å². The molecule has 4 rings (SSSR count). The molecule has 2 N–H and O–H groups in total. The van der Waals surface area contributed by atoms with E-state index >= 15 is 0 Å². The molecule has 0 bridgehead atoms. The van der Waals surface area contributed by atoms with Crippen LogP contribution in [-0.4, -0.2) is 46.0 Å². The third-order valence-corrected chi connectivity index (χ3v) is 5.63. The Morgan fingerprint density at radius 2 is 1.74 bits per heavy atom. The third-order valence-electron chi connectivity index (χ3n) is 5.63. The number of halogens is 1. The Kier molecular flexibility index (Phi) is 7.80. The number of nitrogens with one attached hydrogen (secondary N) is 1. The maximum absolute atomic E-state index is 13.5. The molecule has 7 heteroatoms. The number of aliphatic hydroxyl groups excluding tert-OH is 1. The van der Waals surface area contributed by atoms with Crippen LogP contribution in [-0.2, 0) is 6.42 Å². The van der Waals surface area contributed by atoms with Gasteiger partial charge in [-0.3, -0.25) is 4.79 Å². The van der Waals surface area contributed by atoms with Gasteiger partial charge in [0.1, 0.15) is 5.82 Å². The molecule has 1 heterocycles. The van der Waals surface area contributed by atoms with Crippen LogP contribution in [0.4, 0.5) is 10.3 Å². The molecule has 6 nitrogen and oxygen atoms in total. The summed E-state index contributed by atoms with van der Waals surface area (Å²) in [4.78, 5) is 23.7. The first-order chi connectivity index (χ1) is 17.0. The molecule has 1 atom stereocenters. The highest BCUT2D eigenvalue weighted by atomic mass is 19.1. The predicted molar refractivity (Wildman–Crippen MR) is 134 cm³/mol. The lowest BCUT2D eigenvalue weighted by molar-refractivity contribution is 0.0680. The van der Waals surface area contributed by atoms with Gasteiger partial charge in [0.05, 0.1) is 23.9 Å². The first-order valence-corrected chi connectivity index (χ1v) is 11.4. The summed E-state index contributed by atoms with van der Waals surface area (Å²) >= 11 is 0. The second-order valence-corrected chi connectivity index (χ2v) is 8.24. The van der Waals surface area contributed by atoms with Crippen molar-refractivity contribution in [3.05, 3.63) is 114 Å². The van der Waals surface area contributed by atoms with Gasteiger partial charge in [0, 0.05) is 25.4 Å². The Balaban J connectivity index is 1.53. The van der Waals surface area contributed by atoms with E-state index in [0.717, 1.165) is 12.0 Å². The van der Waals surface area contributed by atoms with Gasteiger partial charge in [-0.2, -0.15) is 0 Å². The quantitative estimate of drug-likeness (QED) is 0.369. The summed E-state index contributed by atoms with van der Waals surface area (Å²) in [7, 11) is 1.59. The highest BCUT2D eigenvalue weighted by Gasteiger charge is 2.22. The zero-order valence-electron chi connectivity index (χ0n) is 19.4. The summed E-state index contributed by atoms with van der Waals surface area (Å²) in [6, 6.07) is 25.3. The number of nitrogens with zero attached hydrogens (tertiary/aromatic N) is 3. The fourth-order valence-electron chi connectivity index (χ4n) is 3.77. The molecular formula is C28H27FN4O2. The van der Waals surface area contributed by atoms with E-state index in [1.165, 1.54) is 34.9 Å². The molecule has 35 heavy (non-hydrogen) atoms. The number of rotatable bonds is 9. The molecule has 1 amide bonds. The summed E-state index contributed by atoms with van der Waals surface area (Å²) in [6.45, 7) is 0.638. The Hall–Kier alpha value is -4.10. The summed E-state index contributed by atoms with van der Waals surface area (Å²) in [5.74, 6) is -0.348. The normalized spacial score (nSPS) is 11.6. The van der Waals surface area contributed by atoms with E-state index in [9.17, 15) is 14.3 Å². The number of benzene rings is 3. The van der Waals surface area contributed by atoms with Gasteiger partial charge in [-0.25, -0.2) is 14.4 Å². The van der Waals surface area contributed by atoms with Crippen LogP contribution in [0.15, 0.2) is 91.1 Å². The van der Waals surface area contributed by atoms with E-state index in [1.807, 2.05) is 48.5 Å². The molecule has 178 valence electrons. The molecular weight excluding hydrogens is 443 g/mol. The minimum atomic E-state index is -1.03. The number of aromatic nitrogens is 2. The van der Waals surface area contributed by atoms with Crippen molar-refractivity contribution in [3.8, 4) is 11.3 Å². The zero-order chi connectivity index (χ0) is 24.6. The zero-order valence-corrected chi connectivity index (χ0v) is 19.4. The SMILES string of the molecule is CN(CC(O)c1cccc(F)c1)C(=O)c1cnc(NCCc2ccccc2)nc1-c1ccccc1. The van der Waals surface area contributed by atoms with E-state index in [-0.39, 0.29) is 12.5 Å². The van der Waals surface area contributed by atoms with Gasteiger partial charge in [0.2, 0.25) is 5.95 Å². The van der Waals surface area contributed by atoms with Crippen molar-refractivity contribution in [2.24, 2.45) is 0 Å². The van der Waals surface area contributed by atoms with E-state index < -0.39 is 11.9 Å². The van der Waals surface area contributed by atoms with Crippen molar-refractivity contribution in [1.29, 1.82) is 0 Å². The molecule has 0 saturated heterocycles. The average Bonchev–Trinajstić information content (AvgIpc) is 2.89. The highest BCUT2D eigenvalue weighted by Crippen LogP contribution is 2.24. The minimum absolute atomic E-state index is 0.00636. The summed E-state index contributed by atoms with van der Waals surface area (Å²) in [5.41, 5.74) is 3.21. The monoisotopic (exact) mass is 470 g/mol. The molecule has 0 saturated carbocycles. The van der Waals surface area contributed by atoms with Gasteiger partial charge >= 0.3 is 0 Å². The lowest BCUT2D eigenvalue weighted by atomic mass is 10.1. The van der Waals surface area contributed by atoms with Crippen LogP contribution in [0.25, 0.3) is 11.3 Å². The lowest BCUT2D eigenvalue weighted by Gasteiger charge is -2.22. The molecule has 0 fully saturated rings. The number of likely N-dealkylation sites (N-methyl/N-ethyl adjacent to an activating group) is 1. The third kappa shape index (κ3) is 6.28. The number of aliphatic hydroxyl groups is 1. The van der Waals surface area contributed by atoms with Crippen LogP contribution in [0.1, 0.15) is 27.6 Å². The number of amides is 1. The van der Waals surface area contributed by atoms with Crippen LogP contribution in [0.3, 0.4) is 0 Å².